The highest BCUT2D eigenvalue weighted by atomic mass is 19.1. The lowest BCUT2D eigenvalue weighted by Gasteiger charge is -2.12. The van der Waals surface area contributed by atoms with Crippen molar-refractivity contribution in [3.63, 3.8) is 0 Å². The number of halogens is 1. The molecule has 0 aromatic heterocycles. The molecule has 0 aliphatic heterocycles. The van der Waals surface area contributed by atoms with Crippen molar-refractivity contribution in [1.29, 1.82) is 0 Å². The van der Waals surface area contributed by atoms with Crippen LogP contribution in [0.5, 0.6) is 0 Å². The van der Waals surface area contributed by atoms with Crippen LogP contribution in [0.1, 0.15) is 33.1 Å². The first-order valence-corrected chi connectivity index (χ1v) is 3.45. The lowest BCUT2D eigenvalue weighted by molar-refractivity contribution is 0.196. The van der Waals surface area contributed by atoms with Crippen molar-refractivity contribution in [3.8, 4) is 0 Å². The molecule has 0 spiro atoms. The van der Waals surface area contributed by atoms with Crippen LogP contribution in [0.25, 0.3) is 0 Å². The van der Waals surface area contributed by atoms with Gasteiger partial charge in [0.15, 0.2) is 0 Å². The quantitative estimate of drug-likeness (QED) is 0.582. The van der Waals surface area contributed by atoms with Crippen LogP contribution in [0.4, 0.5) is 4.39 Å². The molecule has 0 aromatic carbocycles. The molecule has 0 saturated heterocycles. The topological polar surface area (TPSA) is 26.0 Å². The summed E-state index contributed by atoms with van der Waals surface area (Å²) in [6.45, 7) is 3.88. The van der Waals surface area contributed by atoms with Crippen LogP contribution in [-0.4, -0.2) is 12.2 Å². The SMILES string of the molecule is CC(C)(F)CCCCN. The Morgan fingerprint density at radius 2 is 1.89 bits per heavy atom. The Kier molecular flexibility index (Phi) is 3.78. The van der Waals surface area contributed by atoms with Gasteiger partial charge in [-0.05, 0) is 39.7 Å². The maximum absolute atomic E-state index is 12.7. The Morgan fingerprint density at radius 1 is 1.33 bits per heavy atom. The summed E-state index contributed by atoms with van der Waals surface area (Å²) >= 11 is 0. The highest BCUT2D eigenvalue weighted by Crippen LogP contribution is 2.16. The molecule has 0 heterocycles. The van der Waals surface area contributed by atoms with Gasteiger partial charge in [-0.3, -0.25) is 0 Å². The van der Waals surface area contributed by atoms with Gasteiger partial charge in [0, 0.05) is 0 Å². The Bertz CT molecular complexity index is 65.8. The maximum Gasteiger partial charge on any atom is 0.105 e. The summed E-state index contributed by atoms with van der Waals surface area (Å²) in [6, 6.07) is 0. The standard InChI is InChI=1S/C7H16FN/c1-7(2,8)5-3-4-6-9/h3-6,9H2,1-2H3. The van der Waals surface area contributed by atoms with Crippen LogP contribution in [0.3, 0.4) is 0 Å². The molecule has 0 aliphatic carbocycles. The number of hydrogen-bond donors (Lipinski definition) is 1. The minimum absolute atomic E-state index is 0.629. The van der Waals surface area contributed by atoms with E-state index in [0.29, 0.717) is 13.0 Å². The summed E-state index contributed by atoms with van der Waals surface area (Å²) in [4.78, 5) is 0. The Hall–Kier alpha value is -0.110. The van der Waals surface area contributed by atoms with Gasteiger partial charge in [-0.1, -0.05) is 0 Å². The largest absolute Gasteiger partial charge is 0.330 e. The zero-order valence-electron chi connectivity index (χ0n) is 6.28. The van der Waals surface area contributed by atoms with Crippen molar-refractivity contribution in [2.45, 2.75) is 38.8 Å². The predicted octanol–water partition coefficient (Wildman–Crippen LogP) is 1.86. The second-order valence-corrected chi connectivity index (χ2v) is 2.96. The third kappa shape index (κ3) is 7.89. The summed E-state index contributed by atoms with van der Waals surface area (Å²) in [5.41, 5.74) is 4.23. The normalized spacial score (nSPS) is 12.0. The molecule has 0 rings (SSSR count). The van der Waals surface area contributed by atoms with Gasteiger partial charge in [-0.15, -0.1) is 0 Å². The van der Waals surface area contributed by atoms with Crippen molar-refractivity contribution in [2.24, 2.45) is 5.73 Å². The summed E-state index contributed by atoms with van der Waals surface area (Å²) in [5, 5.41) is 0. The van der Waals surface area contributed by atoms with E-state index < -0.39 is 5.67 Å². The first-order valence-electron chi connectivity index (χ1n) is 3.45. The predicted molar refractivity (Wildman–Crippen MR) is 38.1 cm³/mol. The molecule has 0 aromatic rings. The Morgan fingerprint density at radius 3 is 2.22 bits per heavy atom. The first kappa shape index (κ1) is 8.89. The molecule has 2 N–H and O–H groups in total. The number of hydrogen-bond acceptors (Lipinski definition) is 1. The van der Waals surface area contributed by atoms with Crippen molar-refractivity contribution < 1.29 is 4.39 Å². The molecule has 0 bridgehead atoms. The van der Waals surface area contributed by atoms with Crippen LogP contribution >= 0.6 is 0 Å². The molecule has 0 radical (unpaired) electrons. The average Bonchev–Trinajstić information content (AvgIpc) is 1.63. The minimum atomic E-state index is -1.00. The van der Waals surface area contributed by atoms with Crippen LogP contribution in [0.2, 0.25) is 0 Å². The second kappa shape index (κ2) is 3.83. The van der Waals surface area contributed by atoms with Gasteiger partial charge >= 0.3 is 0 Å². The van der Waals surface area contributed by atoms with E-state index in [0.717, 1.165) is 12.8 Å². The van der Waals surface area contributed by atoms with E-state index in [1.54, 1.807) is 13.8 Å². The lowest BCUT2D eigenvalue weighted by atomic mass is 10.0. The van der Waals surface area contributed by atoms with Crippen molar-refractivity contribution in [2.75, 3.05) is 6.54 Å². The summed E-state index contributed by atoms with van der Waals surface area (Å²) < 4.78 is 12.7. The van der Waals surface area contributed by atoms with Crippen LogP contribution in [0.15, 0.2) is 0 Å². The third-order valence-electron chi connectivity index (χ3n) is 1.23. The van der Waals surface area contributed by atoms with Gasteiger partial charge in [0.1, 0.15) is 5.67 Å². The van der Waals surface area contributed by atoms with E-state index in [2.05, 4.69) is 0 Å². The highest BCUT2D eigenvalue weighted by Gasteiger charge is 2.13. The van der Waals surface area contributed by atoms with Gasteiger partial charge < -0.3 is 5.73 Å². The number of nitrogens with two attached hydrogens (primary N) is 1. The molecule has 0 aliphatic rings. The second-order valence-electron chi connectivity index (χ2n) is 2.96. The van der Waals surface area contributed by atoms with Gasteiger partial charge in [0.25, 0.3) is 0 Å². The van der Waals surface area contributed by atoms with E-state index in [9.17, 15) is 4.39 Å². The molecule has 2 heteroatoms. The molecular weight excluding hydrogens is 117 g/mol. The van der Waals surface area contributed by atoms with Crippen LogP contribution < -0.4 is 5.73 Å². The molecular formula is C7H16FN. The highest BCUT2D eigenvalue weighted by molar-refractivity contribution is 4.64. The molecule has 0 saturated carbocycles. The number of rotatable bonds is 4. The van der Waals surface area contributed by atoms with Gasteiger partial charge in [0.2, 0.25) is 0 Å². The monoisotopic (exact) mass is 133 g/mol. The fourth-order valence-corrected chi connectivity index (χ4v) is 0.690. The summed E-state index contributed by atoms with van der Waals surface area (Å²) in [6.07, 6.45) is 2.47. The fraction of sp³-hybridized carbons (Fsp3) is 1.00. The Labute approximate surface area is 56.4 Å². The smallest absolute Gasteiger partial charge is 0.105 e. The Balaban J connectivity index is 3.07. The zero-order valence-corrected chi connectivity index (χ0v) is 6.28. The van der Waals surface area contributed by atoms with E-state index >= 15 is 0 Å². The van der Waals surface area contributed by atoms with E-state index in [1.165, 1.54) is 0 Å². The number of unbranched alkanes of at least 4 members (excludes halogenated alkanes) is 1. The van der Waals surface area contributed by atoms with Crippen molar-refractivity contribution in [3.05, 3.63) is 0 Å². The van der Waals surface area contributed by atoms with Crippen LogP contribution in [0, 0.1) is 0 Å². The molecule has 1 nitrogen and oxygen atoms in total. The van der Waals surface area contributed by atoms with Gasteiger partial charge in [0.05, 0.1) is 0 Å². The van der Waals surface area contributed by atoms with Crippen LogP contribution in [-0.2, 0) is 0 Å². The molecule has 0 unspecified atom stereocenters. The maximum atomic E-state index is 12.7. The molecule has 0 fully saturated rings. The first-order chi connectivity index (χ1) is 4.06. The third-order valence-corrected chi connectivity index (χ3v) is 1.23. The average molecular weight is 133 g/mol. The van der Waals surface area contributed by atoms with Crippen molar-refractivity contribution >= 4 is 0 Å². The van der Waals surface area contributed by atoms with E-state index in [-0.39, 0.29) is 0 Å². The number of alkyl halides is 1. The molecule has 0 atom stereocenters. The molecule has 9 heavy (non-hydrogen) atoms. The molecule has 56 valence electrons. The minimum Gasteiger partial charge on any atom is -0.330 e. The lowest BCUT2D eigenvalue weighted by Crippen LogP contribution is -2.12. The van der Waals surface area contributed by atoms with Gasteiger partial charge in [-0.2, -0.15) is 0 Å². The van der Waals surface area contributed by atoms with Crippen molar-refractivity contribution in [1.82, 2.24) is 0 Å². The van der Waals surface area contributed by atoms with E-state index in [4.69, 9.17) is 5.73 Å². The molecule has 0 amide bonds. The summed E-state index contributed by atoms with van der Waals surface area (Å²) in [7, 11) is 0. The van der Waals surface area contributed by atoms with E-state index in [1.807, 2.05) is 0 Å². The van der Waals surface area contributed by atoms with Gasteiger partial charge in [-0.25, -0.2) is 4.39 Å². The summed E-state index contributed by atoms with van der Waals surface area (Å²) in [5.74, 6) is 0. The zero-order chi connectivity index (χ0) is 7.33. The fourth-order valence-electron chi connectivity index (χ4n) is 0.690.